The highest BCUT2D eigenvalue weighted by Gasteiger charge is 1.79. The summed E-state index contributed by atoms with van der Waals surface area (Å²) in [5.41, 5.74) is 5.27. The summed E-state index contributed by atoms with van der Waals surface area (Å²) in [7, 11) is 2.57. The second-order valence-electron chi connectivity index (χ2n) is 1.21. The highest BCUT2D eigenvalue weighted by molar-refractivity contribution is 7.16. The van der Waals surface area contributed by atoms with E-state index in [1.165, 1.54) is 0 Å². The Labute approximate surface area is 35.1 Å². The van der Waals surface area contributed by atoms with Crippen molar-refractivity contribution in [2.75, 3.05) is 6.16 Å². The van der Waals surface area contributed by atoms with Crippen molar-refractivity contribution in [2.45, 2.75) is 13.0 Å². The predicted octanol–water partition coefficient (Wildman–Crippen LogP) is 0.209. The molecule has 2 N–H and O–H groups in total. The molecule has 0 rings (SSSR count). The van der Waals surface area contributed by atoms with E-state index in [2.05, 4.69) is 9.24 Å². The molecule has 2 atom stereocenters. The smallest absolute Gasteiger partial charge is 0.00450 e. The van der Waals surface area contributed by atoms with Crippen molar-refractivity contribution in [2.24, 2.45) is 5.73 Å². The lowest BCUT2D eigenvalue weighted by Gasteiger charge is -1.91. The molecule has 0 aromatic rings. The first kappa shape index (κ1) is 5.39. The van der Waals surface area contributed by atoms with Crippen LogP contribution in [0.5, 0.6) is 0 Å². The second-order valence-corrected chi connectivity index (χ2v) is 1.68. The van der Waals surface area contributed by atoms with Gasteiger partial charge in [0.25, 0.3) is 0 Å². The van der Waals surface area contributed by atoms with E-state index < -0.39 is 0 Å². The van der Waals surface area contributed by atoms with Crippen LogP contribution in [-0.4, -0.2) is 12.2 Å². The first-order valence-electron chi connectivity index (χ1n) is 1.73. The van der Waals surface area contributed by atoms with Gasteiger partial charge in [-0.25, -0.2) is 0 Å². The lowest BCUT2D eigenvalue weighted by atomic mass is 10.4. The van der Waals surface area contributed by atoms with Crippen molar-refractivity contribution in [3.05, 3.63) is 0 Å². The lowest BCUT2D eigenvalue weighted by molar-refractivity contribution is 0.848. The van der Waals surface area contributed by atoms with Crippen LogP contribution in [0.25, 0.3) is 0 Å². The Kier molecular flexibility index (Phi) is 2.82. The average Bonchev–Trinajstić information content (AvgIpc) is 1.38. The molecule has 0 aliphatic heterocycles. The molecule has 0 aliphatic rings. The van der Waals surface area contributed by atoms with Gasteiger partial charge < -0.3 is 5.73 Å². The lowest BCUT2D eigenvalue weighted by Crippen LogP contribution is -2.15. The first-order chi connectivity index (χ1) is 2.27. The molecule has 0 aliphatic carbocycles. The Morgan fingerprint density at radius 1 is 2.00 bits per heavy atom. The minimum absolute atomic E-state index is 0.347. The van der Waals surface area contributed by atoms with Gasteiger partial charge in [0.2, 0.25) is 0 Å². The van der Waals surface area contributed by atoms with Gasteiger partial charge in [-0.1, -0.05) is 0 Å². The van der Waals surface area contributed by atoms with E-state index in [-0.39, 0.29) is 0 Å². The monoisotopic (exact) mass is 91.1 g/mol. The maximum Gasteiger partial charge on any atom is 0.00450 e. The SMILES string of the molecule is CC(N)CP. The van der Waals surface area contributed by atoms with Crippen molar-refractivity contribution < 1.29 is 0 Å². The molecule has 0 radical (unpaired) electrons. The summed E-state index contributed by atoms with van der Waals surface area (Å²) in [6, 6.07) is 0.347. The van der Waals surface area contributed by atoms with Crippen LogP contribution in [0.1, 0.15) is 6.92 Å². The number of hydrogen-bond donors (Lipinski definition) is 1. The minimum Gasteiger partial charge on any atom is -0.328 e. The first-order valence-corrected chi connectivity index (χ1v) is 2.54. The topological polar surface area (TPSA) is 26.0 Å². The molecule has 0 aromatic heterocycles. The molecule has 0 heterocycles. The second kappa shape index (κ2) is 2.62. The van der Waals surface area contributed by atoms with Gasteiger partial charge in [-0.3, -0.25) is 0 Å². The van der Waals surface area contributed by atoms with E-state index in [0.29, 0.717) is 6.04 Å². The number of rotatable bonds is 1. The normalized spacial score (nSPS) is 15.0. The Morgan fingerprint density at radius 2 is 2.20 bits per heavy atom. The Balaban J connectivity index is 2.54. The minimum atomic E-state index is 0.347. The molecule has 0 spiro atoms. The third-order valence-electron chi connectivity index (χ3n) is 0.372. The Morgan fingerprint density at radius 3 is 2.20 bits per heavy atom. The molecule has 2 unspecified atom stereocenters. The molecule has 32 valence electrons. The predicted molar refractivity (Wildman–Crippen MR) is 28.2 cm³/mol. The third kappa shape index (κ3) is 4.39. The zero-order valence-electron chi connectivity index (χ0n) is 3.44. The van der Waals surface area contributed by atoms with Gasteiger partial charge in [0, 0.05) is 6.04 Å². The highest BCUT2D eigenvalue weighted by atomic mass is 31.0. The van der Waals surface area contributed by atoms with E-state index in [1.807, 2.05) is 6.92 Å². The molecule has 1 nitrogen and oxygen atoms in total. The third-order valence-corrected chi connectivity index (χ3v) is 1.12. The molecule has 0 amide bonds. The van der Waals surface area contributed by atoms with E-state index >= 15 is 0 Å². The zero-order valence-corrected chi connectivity index (χ0v) is 4.59. The summed E-state index contributed by atoms with van der Waals surface area (Å²) in [5.74, 6) is 0. The van der Waals surface area contributed by atoms with Gasteiger partial charge >= 0.3 is 0 Å². The van der Waals surface area contributed by atoms with Crippen molar-refractivity contribution in [1.29, 1.82) is 0 Å². The maximum atomic E-state index is 5.27. The summed E-state index contributed by atoms with van der Waals surface area (Å²) < 4.78 is 0. The molecule has 5 heavy (non-hydrogen) atoms. The average molecular weight is 91.1 g/mol. The van der Waals surface area contributed by atoms with Crippen molar-refractivity contribution in [3.63, 3.8) is 0 Å². The van der Waals surface area contributed by atoms with Gasteiger partial charge in [-0.05, 0) is 13.1 Å². The molecule has 0 saturated heterocycles. The standard InChI is InChI=1S/C3H10NP/c1-3(4)2-5/h3H,2,4-5H2,1H3. The van der Waals surface area contributed by atoms with Crippen LogP contribution in [-0.2, 0) is 0 Å². The van der Waals surface area contributed by atoms with Crippen molar-refractivity contribution >= 4 is 9.24 Å². The van der Waals surface area contributed by atoms with Gasteiger partial charge in [0.15, 0.2) is 0 Å². The summed E-state index contributed by atoms with van der Waals surface area (Å²) in [4.78, 5) is 0. The fourth-order valence-electron chi connectivity index (χ4n) is 0. The fourth-order valence-corrected chi connectivity index (χ4v) is 0. The maximum absolute atomic E-state index is 5.27. The Bertz CT molecular complexity index is 20.9. The molecule has 0 fully saturated rings. The van der Waals surface area contributed by atoms with Crippen LogP contribution < -0.4 is 5.73 Å². The molecule has 2 heteroatoms. The van der Waals surface area contributed by atoms with Crippen LogP contribution in [0, 0.1) is 0 Å². The molecular formula is C3H10NP. The summed E-state index contributed by atoms with van der Waals surface area (Å²) in [6.45, 7) is 1.98. The molecule has 0 bridgehead atoms. The van der Waals surface area contributed by atoms with Gasteiger partial charge in [-0.2, -0.15) is 0 Å². The fraction of sp³-hybridized carbons (Fsp3) is 1.00. The largest absolute Gasteiger partial charge is 0.328 e. The number of nitrogens with two attached hydrogens (primary N) is 1. The van der Waals surface area contributed by atoms with Crippen LogP contribution >= 0.6 is 9.24 Å². The quantitative estimate of drug-likeness (QED) is 0.458. The Hall–Kier alpha value is 0.390. The van der Waals surface area contributed by atoms with Gasteiger partial charge in [0.1, 0.15) is 0 Å². The van der Waals surface area contributed by atoms with Crippen LogP contribution in [0.3, 0.4) is 0 Å². The van der Waals surface area contributed by atoms with Crippen molar-refractivity contribution in [3.8, 4) is 0 Å². The van der Waals surface area contributed by atoms with E-state index in [4.69, 9.17) is 5.73 Å². The van der Waals surface area contributed by atoms with E-state index in [0.717, 1.165) is 6.16 Å². The zero-order chi connectivity index (χ0) is 4.28. The highest BCUT2D eigenvalue weighted by Crippen LogP contribution is 1.81. The summed E-state index contributed by atoms with van der Waals surface area (Å²) >= 11 is 0. The van der Waals surface area contributed by atoms with Crippen molar-refractivity contribution in [1.82, 2.24) is 0 Å². The van der Waals surface area contributed by atoms with Crippen LogP contribution in [0.4, 0.5) is 0 Å². The summed E-state index contributed by atoms with van der Waals surface area (Å²) in [6.07, 6.45) is 1.00. The summed E-state index contributed by atoms with van der Waals surface area (Å²) in [5, 5.41) is 0. The van der Waals surface area contributed by atoms with Gasteiger partial charge in [-0.15, -0.1) is 9.24 Å². The molecule has 0 saturated carbocycles. The van der Waals surface area contributed by atoms with Crippen LogP contribution in [0.15, 0.2) is 0 Å². The molecular weight excluding hydrogens is 81.0 g/mol. The van der Waals surface area contributed by atoms with Crippen LogP contribution in [0.2, 0.25) is 0 Å². The van der Waals surface area contributed by atoms with Gasteiger partial charge in [0.05, 0.1) is 0 Å². The molecule has 0 aromatic carbocycles. The van der Waals surface area contributed by atoms with E-state index in [9.17, 15) is 0 Å². The number of hydrogen-bond acceptors (Lipinski definition) is 1. The van der Waals surface area contributed by atoms with E-state index in [1.54, 1.807) is 0 Å².